The summed E-state index contributed by atoms with van der Waals surface area (Å²) in [7, 11) is -4.25. The molecule has 0 aromatic carbocycles. The third-order valence-electron chi connectivity index (χ3n) is 5.23. The van der Waals surface area contributed by atoms with E-state index >= 15 is 0 Å². The SMILES string of the molecule is CCCCCCCCCCCCCCCCCCCCOS(=O)(=O)O.CCNCC. The normalized spacial score (nSPS) is 11.3. The summed E-state index contributed by atoms with van der Waals surface area (Å²) >= 11 is 0. The molecule has 2 N–H and O–H groups in total. The van der Waals surface area contributed by atoms with Crippen LogP contribution in [-0.2, 0) is 14.6 Å². The van der Waals surface area contributed by atoms with E-state index in [4.69, 9.17) is 4.55 Å². The van der Waals surface area contributed by atoms with E-state index in [0.717, 1.165) is 25.9 Å². The molecule has 0 aliphatic rings. The van der Waals surface area contributed by atoms with Crippen LogP contribution in [0.15, 0.2) is 0 Å². The minimum atomic E-state index is -4.25. The highest BCUT2D eigenvalue weighted by Crippen LogP contribution is 2.14. The van der Waals surface area contributed by atoms with Crippen molar-refractivity contribution in [1.82, 2.24) is 5.32 Å². The van der Waals surface area contributed by atoms with E-state index in [1.807, 2.05) is 0 Å². The largest absolute Gasteiger partial charge is 0.397 e. The van der Waals surface area contributed by atoms with E-state index in [1.54, 1.807) is 0 Å². The lowest BCUT2D eigenvalue weighted by Gasteiger charge is -2.04. The Balaban J connectivity index is 0. The van der Waals surface area contributed by atoms with Crippen molar-refractivity contribution in [2.75, 3.05) is 19.7 Å². The predicted octanol–water partition coefficient (Wildman–Crippen LogP) is 7.46. The molecule has 0 unspecified atom stereocenters. The van der Waals surface area contributed by atoms with Crippen LogP contribution in [0.4, 0.5) is 0 Å². The van der Waals surface area contributed by atoms with Gasteiger partial charge in [0.2, 0.25) is 0 Å². The number of hydrogen-bond donors (Lipinski definition) is 2. The van der Waals surface area contributed by atoms with Gasteiger partial charge in [0, 0.05) is 0 Å². The van der Waals surface area contributed by atoms with Gasteiger partial charge >= 0.3 is 10.4 Å². The van der Waals surface area contributed by atoms with Gasteiger partial charge < -0.3 is 5.32 Å². The second-order valence-corrected chi connectivity index (χ2v) is 9.31. The Morgan fingerprint density at radius 3 is 1.10 bits per heavy atom. The fourth-order valence-corrected chi connectivity index (χ4v) is 3.75. The fourth-order valence-electron chi connectivity index (χ4n) is 3.42. The molecule has 30 heavy (non-hydrogen) atoms. The quantitative estimate of drug-likeness (QED) is 0.132. The summed E-state index contributed by atoms with van der Waals surface area (Å²) in [5.41, 5.74) is 0. The summed E-state index contributed by atoms with van der Waals surface area (Å²) in [6, 6.07) is 0. The van der Waals surface area contributed by atoms with Crippen LogP contribution in [-0.4, -0.2) is 32.7 Å². The average molecular weight is 452 g/mol. The van der Waals surface area contributed by atoms with E-state index in [0.29, 0.717) is 6.42 Å². The topological polar surface area (TPSA) is 75.6 Å². The molecule has 0 spiro atoms. The molecule has 0 fully saturated rings. The highest BCUT2D eigenvalue weighted by molar-refractivity contribution is 7.80. The summed E-state index contributed by atoms with van der Waals surface area (Å²) in [5.74, 6) is 0. The van der Waals surface area contributed by atoms with Gasteiger partial charge in [-0.25, -0.2) is 4.18 Å². The third kappa shape index (κ3) is 35.3. The molecule has 0 atom stereocenters. The molecule has 0 amide bonds. The van der Waals surface area contributed by atoms with Crippen molar-refractivity contribution >= 4 is 10.4 Å². The van der Waals surface area contributed by atoms with Crippen molar-refractivity contribution in [2.24, 2.45) is 0 Å². The first kappa shape index (κ1) is 32.0. The Morgan fingerprint density at radius 2 is 0.867 bits per heavy atom. The molecule has 0 aliphatic heterocycles. The van der Waals surface area contributed by atoms with Crippen LogP contribution in [0, 0.1) is 0 Å². The summed E-state index contributed by atoms with van der Waals surface area (Å²) in [4.78, 5) is 0. The third-order valence-corrected chi connectivity index (χ3v) is 5.69. The highest BCUT2D eigenvalue weighted by atomic mass is 32.3. The van der Waals surface area contributed by atoms with Crippen LogP contribution >= 0.6 is 0 Å². The van der Waals surface area contributed by atoms with Gasteiger partial charge in [0.25, 0.3) is 0 Å². The number of hydrogen-bond acceptors (Lipinski definition) is 4. The zero-order chi connectivity index (χ0) is 22.8. The smallest absolute Gasteiger partial charge is 0.317 e. The second kappa shape index (κ2) is 26.9. The zero-order valence-electron chi connectivity index (χ0n) is 20.4. The van der Waals surface area contributed by atoms with Crippen LogP contribution in [0.2, 0.25) is 0 Å². The van der Waals surface area contributed by atoms with Crippen LogP contribution in [0.3, 0.4) is 0 Å². The molecule has 0 heterocycles. The van der Waals surface area contributed by atoms with Gasteiger partial charge in [-0.3, -0.25) is 4.55 Å². The van der Waals surface area contributed by atoms with E-state index in [-0.39, 0.29) is 6.61 Å². The van der Waals surface area contributed by atoms with Crippen LogP contribution in [0.1, 0.15) is 136 Å². The zero-order valence-corrected chi connectivity index (χ0v) is 21.2. The van der Waals surface area contributed by atoms with E-state index in [9.17, 15) is 8.42 Å². The molecule has 0 aromatic rings. The lowest BCUT2D eigenvalue weighted by Crippen LogP contribution is -2.09. The minimum Gasteiger partial charge on any atom is -0.317 e. The van der Waals surface area contributed by atoms with Crippen LogP contribution < -0.4 is 5.32 Å². The van der Waals surface area contributed by atoms with Gasteiger partial charge in [-0.05, 0) is 19.5 Å². The molecular weight excluding hydrogens is 398 g/mol. The molecular formula is C24H53NO4S. The van der Waals surface area contributed by atoms with Gasteiger partial charge in [0.1, 0.15) is 0 Å². The van der Waals surface area contributed by atoms with Gasteiger partial charge in [-0.15, -0.1) is 0 Å². The fraction of sp³-hybridized carbons (Fsp3) is 1.00. The standard InChI is InChI=1S/C20H42O4S.C4H11N/c1-2-3-4-5-6-7-8-9-10-11-12-13-14-15-16-17-18-19-20-24-25(21,22)23;1-3-5-4-2/h2-20H2,1H3,(H,21,22,23);5H,3-4H2,1-2H3. The number of unbranched alkanes of at least 4 members (excludes halogenated alkanes) is 17. The Bertz CT molecular complexity index is 400. The first-order valence-electron chi connectivity index (χ1n) is 12.8. The number of nitrogens with one attached hydrogen (secondary N) is 1. The Labute approximate surface area is 189 Å². The van der Waals surface area contributed by atoms with Gasteiger partial charge in [-0.1, -0.05) is 130 Å². The van der Waals surface area contributed by atoms with Crippen LogP contribution in [0.5, 0.6) is 0 Å². The van der Waals surface area contributed by atoms with E-state index in [2.05, 4.69) is 30.3 Å². The van der Waals surface area contributed by atoms with Gasteiger partial charge in [0.05, 0.1) is 6.61 Å². The second-order valence-electron chi connectivity index (χ2n) is 8.22. The molecule has 0 rings (SSSR count). The van der Waals surface area contributed by atoms with Crippen molar-refractivity contribution < 1.29 is 17.2 Å². The van der Waals surface area contributed by atoms with Gasteiger partial charge in [-0.2, -0.15) is 8.42 Å². The molecule has 5 nitrogen and oxygen atoms in total. The molecule has 0 bridgehead atoms. The van der Waals surface area contributed by atoms with E-state index < -0.39 is 10.4 Å². The first-order chi connectivity index (χ1) is 14.5. The lowest BCUT2D eigenvalue weighted by atomic mass is 10.0. The molecule has 0 saturated heterocycles. The van der Waals surface area contributed by atoms with Crippen molar-refractivity contribution in [3.8, 4) is 0 Å². The monoisotopic (exact) mass is 451 g/mol. The molecule has 6 heteroatoms. The van der Waals surface area contributed by atoms with Crippen molar-refractivity contribution in [1.29, 1.82) is 0 Å². The summed E-state index contributed by atoms with van der Waals surface area (Å²) in [6.45, 7) is 8.75. The minimum absolute atomic E-state index is 0.0948. The molecule has 184 valence electrons. The summed E-state index contributed by atoms with van der Waals surface area (Å²) in [6.07, 6.45) is 23.4. The molecule has 0 aliphatic carbocycles. The maximum atomic E-state index is 10.3. The highest BCUT2D eigenvalue weighted by Gasteiger charge is 2.02. The average Bonchev–Trinajstić information content (AvgIpc) is 2.70. The molecule has 0 saturated carbocycles. The summed E-state index contributed by atoms with van der Waals surface area (Å²) in [5, 5.41) is 3.11. The Hall–Kier alpha value is -0.170. The van der Waals surface area contributed by atoms with E-state index in [1.165, 1.54) is 96.3 Å². The Morgan fingerprint density at radius 1 is 0.567 bits per heavy atom. The molecule has 0 aromatic heterocycles. The molecule has 0 radical (unpaired) electrons. The first-order valence-corrected chi connectivity index (χ1v) is 14.2. The number of rotatable bonds is 22. The maximum absolute atomic E-state index is 10.3. The van der Waals surface area contributed by atoms with Gasteiger partial charge in [0.15, 0.2) is 0 Å². The Kier molecular flexibility index (Phi) is 28.7. The van der Waals surface area contributed by atoms with Crippen LogP contribution in [0.25, 0.3) is 0 Å². The van der Waals surface area contributed by atoms with Crippen molar-refractivity contribution in [3.63, 3.8) is 0 Å². The predicted molar refractivity (Wildman–Crippen MR) is 130 cm³/mol. The maximum Gasteiger partial charge on any atom is 0.397 e. The van der Waals surface area contributed by atoms with Crippen molar-refractivity contribution in [2.45, 2.75) is 136 Å². The lowest BCUT2D eigenvalue weighted by molar-refractivity contribution is 0.261. The summed E-state index contributed by atoms with van der Waals surface area (Å²) < 4.78 is 33.4. The van der Waals surface area contributed by atoms with Crippen molar-refractivity contribution in [3.05, 3.63) is 0 Å².